The van der Waals surface area contributed by atoms with Gasteiger partial charge in [-0.1, -0.05) is 27.2 Å². The first-order valence-electron chi connectivity index (χ1n) is 4.94. The molecule has 2 aromatic rings. The maximum Gasteiger partial charge on any atom is 0.258 e. The number of rotatable bonds is 3. The quantitative estimate of drug-likeness (QED) is 0.939. The van der Waals surface area contributed by atoms with Gasteiger partial charge in [0.25, 0.3) is 5.89 Å². The number of hydrogen-bond acceptors (Lipinski definition) is 4. The third-order valence-electron chi connectivity index (χ3n) is 2.22. The van der Waals surface area contributed by atoms with Crippen LogP contribution >= 0.6 is 15.9 Å². The summed E-state index contributed by atoms with van der Waals surface area (Å²) in [5.74, 6) is 1.21. The monoisotopic (exact) mass is 281 g/mol. The van der Waals surface area contributed by atoms with Gasteiger partial charge in [-0.05, 0) is 31.7 Å². The van der Waals surface area contributed by atoms with Crippen molar-refractivity contribution in [2.75, 3.05) is 7.05 Å². The number of hydrogen-bond donors (Lipinski definition) is 1. The Balaban J connectivity index is 2.31. The van der Waals surface area contributed by atoms with Gasteiger partial charge < -0.3 is 9.84 Å². The van der Waals surface area contributed by atoms with Crippen molar-refractivity contribution in [3.05, 3.63) is 34.1 Å². The zero-order valence-electron chi connectivity index (χ0n) is 9.12. The van der Waals surface area contributed by atoms with E-state index in [-0.39, 0.29) is 0 Å². The standard InChI is InChI=1S/C11H12BrN3O/c1-7-3-4-8(5-9(7)12)11-14-10(6-13-2)15-16-11/h3-5,13H,6H2,1-2H3. The van der Waals surface area contributed by atoms with Crippen LogP contribution in [0.5, 0.6) is 0 Å². The molecule has 1 aromatic heterocycles. The van der Waals surface area contributed by atoms with Crippen LogP contribution in [0.1, 0.15) is 11.4 Å². The van der Waals surface area contributed by atoms with Crippen molar-refractivity contribution in [1.82, 2.24) is 15.5 Å². The maximum absolute atomic E-state index is 5.18. The van der Waals surface area contributed by atoms with Gasteiger partial charge in [0.2, 0.25) is 0 Å². The second kappa shape index (κ2) is 4.76. The Morgan fingerprint density at radius 2 is 2.25 bits per heavy atom. The van der Waals surface area contributed by atoms with Crippen molar-refractivity contribution in [1.29, 1.82) is 0 Å². The minimum Gasteiger partial charge on any atom is -0.334 e. The van der Waals surface area contributed by atoms with Crippen molar-refractivity contribution in [2.45, 2.75) is 13.5 Å². The number of nitrogens with zero attached hydrogens (tertiary/aromatic N) is 2. The van der Waals surface area contributed by atoms with Crippen LogP contribution in [0, 0.1) is 6.92 Å². The fourth-order valence-corrected chi connectivity index (χ4v) is 1.71. The molecule has 0 bridgehead atoms. The summed E-state index contributed by atoms with van der Waals surface area (Å²) in [5, 5.41) is 6.85. The zero-order valence-corrected chi connectivity index (χ0v) is 10.7. The third kappa shape index (κ3) is 2.31. The van der Waals surface area contributed by atoms with Crippen molar-refractivity contribution in [3.63, 3.8) is 0 Å². The zero-order chi connectivity index (χ0) is 11.5. The molecule has 1 heterocycles. The van der Waals surface area contributed by atoms with Gasteiger partial charge in [0.15, 0.2) is 5.82 Å². The Kier molecular flexibility index (Phi) is 3.36. The van der Waals surface area contributed by atoms with Crippen LogP contribution in [-0.2, 0) is 6.54 Å². The van der Waals surface area contributed by atoms with Gasteiger partial charge in [-0.2, -0.15) is 4.98 Å². The lowest BCUT2D eigenvalue weighted by atomic mass is 10.1. The molecule has 16 heavy (non-hydrogen) atoms. The summed E-state index contributed by atoms with van der Waals surface area (Å²) < 4.78 is 6.22. The second-order valence-corrected chi connectivity index (χ2v) is 4.36. The topological polar surface area (TPSA) is 51.0 Å². The Morgan fingerprint density at radius 3 is 2.94 bits per heavy atom. The molecule has 0 fully saturated rings. The lowest BCUT2D eigenvalue weighted by Crippen LogP contribution is -2.06. The normalized spacial score (nSPS) is 10.7. The van der Waals surface area contributed by atoms with Gasteiger partial charge >= 0.3 is 0 Å². The molecule has 0 unspecified atom stereocenters. The average molecular weight is 282 g/mol. The predicted octanol–water partition coefficient (Wildman–Crippen LogP) is 2.53. The van der Waals surface area contributed by atoms with Gasteiger partial charge in [-0.25, -0.2) is 0 Å². The van der Waals surface area contributed by atoms with Gasteiger partial charge in [-0.3, -0.25) is 0 Å². The molecule has 2 rings (SSSR count). The number of aromatic nitrogens is 2. The van der Waals surface area contributed by atoms with Crippen LogP contribution in [0.4, 0.5) is 0 Å². The number of aryl methyl sites for hydroxylation is 1. The highest BCUT2D eigenvalue weighted by atomic mass is 79.9. The molecule has 0 aliphatic carbocycles. The summed E-state index contributed by atoms with van der Waals surface area (Å²) in [6, 6.07) is 5.96. The van der Waals surface area contributed by atoms with Crippen LogP contribution in [0.3, 0.4) is 0 Å². The SMILES string of the molecule is CNCc1noc(-c2ccc(C)c(Br)c2)n1. The van der Waals surface area contributed by atoms with Crippen molar-refractivity contribution < 1.29 is 4.52 Å². The summed E-state index contributed by atoms with van der Waals surface area (Å²) in [6.07, 6.45) is 0. The number of nitrogens with one attached hydrogen (secondary N) is 1. The lowest BCUT2D eigenvalue weighted by Gasteiger charge is -1.98. The van der Waals surface area contributed by atoms with Crippen molar-refractivity contribution in [3.8, 4) is 11.5 Å². The molecular formula is C11H12BrN3O. The smallest absolute Gasteiger partial charge is 0.258 e. The molecule has 0 saturated carbocycles. The molecule has 84 valence electrons. The fraction of sp³-hybridized carbons (Fsp3) is 0.273. The molecule has 0 saturated heterocycles. The van der Waals surface area contributed by atoms with E-state index in [4.69, 9.17) is 4.52 Å². The first-order valence-corrected chi connectivity index (χ1v) is 5.73. The van der Waals surface area contributed by atoms with Crippen LogP contribution < -0.4 is 5.32 Å². The van der Waals surface area contributed by atoms with E-state index in [1.54, 1.807) is 0 Å². The third-order valence-corrected chi connectivity index (χ3v) is 3.08. The largest absolute Gasteiger partial charge is 0.334 e. The summed E-state index contributed by atoms with van der Waals surface area (Å²) in [4.78, 5) is 4.28. The molecule has 0 atom stereocenters. The molecule has 0 aliphatic heterocycles. The van der Waals surface area contributed by atoms with E-state index in [0.29, 0.717) is 18.3 Å². The molecule has 1 N–H and O–H groups in total. The van der Waals surface area contributed by atoms with Crippen molar-refractivity contribution >= 4 is 15.9 Å². The first kappa shape index (κ1) is 11.3. The van der Waals surface area contributed by atoms with Crippen LogP contribution in [0.15, 0.2) is 27.2 Å². The minimum atomic E-state index is 0.547. The minimum absolute atomic E-state index is 0.547. The van der Waals surface area contributed by atoms with E-state index in [1.807, 2.05) is 32.2 Å². The molecule has 0 amide bonds. The lowest BCUT2D eigenvalue weighted by molar-refractivity contribution is 0.420. The fourth-order valence-electron chi connectivity index (χ4n) is 1.33. The second-order valence-electron chi connectivity index (χ2n) is 3.51. The van der Waals surface area contributed by atoms with E-state index >= 15 is 0 Å². The maximum atomic E-state index is 5.18. The Hall–Kier alpha value is -1.20. The van der Waals surface area contributed by atoms with Gasteiger partial charge in [0, 0.05) is 10.0 Å². The van der Waals surface area contributed by atoms with Gasteiger partial charge in [-0.15, -0.1) is 0 Å². The summed E-state index contributed by atoms with van der Waals surface area (Å²) in [7, 11) is 1.85. The van der Waals surface area contributed by atoms with E-state index in [9.17, 15) is 0 Å². The van der Waals surface area contributed by atoms with Crippen LogP contribution in [0.2, 0.25) is 0 Å². The molecule has 4 nitrogen and oxygen atoms in total. The number of benzene rings is 1. The van der Waals surface area contributed by atoms with Crippen LogP contribution in [0.25, 0.3) is 11.5 Å². The first-order chi connectivity index (χ1) is 7.70. The molecule has 0 aliphatic rings. The molecular weight excluding hydrogens is 270 g/mol. The highest BCUT2D eigenvalue weighted by molar-refractivity contribution is 9.10. The number of halogens is 1. The van der Waals surface area contributed by atoms with E-state index in [2.05, 4.69) is 31.4 Å². The average Bonchev–Trinajstić information content (AvgIpc) is 2.71. The van der Waals surface area contributed by atoms with Gasteiger partial charge in [0.05, 0.1) is 6.54 Å². The molecule has 0 radical (unpaired) electrons. The highest BCUT2D eigenvalue weighted by Gasteiger charge is 2.08. The highest BCUT2D eigenvalue weighted by Crippen LogP contribution is 2.24. The molecule has 0 spiro atoms. The predicted molar refractivity (Wildman–Crippen MR) is 64.9 cm³/mol. The Morgan fingerprint density at radius 1 is 1.44 bits per heavy atom. The van der Waals surface area contributed by atoms with Gasteiger partial charge in [0.1, 0.15) is 0 Å². The van der Waals surface area contributed by atoms with E-state index in [1.165, 1.54) is 5.56 Å². The van der Waals surface area contributed by atoms with Crippen LogP contribution in [-0.4, -0.2) is 17.2 Å². The summed E-state index contributed by atoms with van der Waals surface area (Å²) >= 11 is 3.48. The Bertz CT molecular complexity index is 496. The summed E-state index contributed by atoms with van der Waals surface area (Å²) in [6.45, 7) is 2.64. The summed E-state index contributed by atoms with van der Waals surface area (Å²) in [5.41, 5.74) is 2.10. The molecule has 1 aromatic carbocycles. The molecule has 5 heteroatoms. The van der Waals surface area contributed by atoms with E-state index in [0.717, 1.165) is 10.0 Å². The van der Waals surface area contributed by atoms with E-state index < -0.39 is 0 Å². The Labute approximate surface area is 102 Å². The van der Waals surface area contributed by atoms with Crippen molar-refractivity contribution in [2.24, 2.45) is 0 Å².